The van der Waals surface area contributed by atoms with Gasteiger partial charge in [0.25, 0.3) is 0 Å². The van der Waals surface area contributed by atoms with Crippen LogP contribution in [0.1, 0.15) is 60.6 Å². The third-order valence-electron chi connectivity index (χ3n) is 7.72. The Balaban J connectivity index is 1.35. The maximum Gasteiger partial charge on any atom is 0.417 e. The molecule has 6 rings (SSSR count). The molecule has 0 aliphatic heterocycles. The van der Waals surface area contributed by atoms with Gasteiger partial charge in [0.15, 0.2) is 5.82 Å². The molecule has 47 heavy (non-hydrogen) atoms. The summed E-state index contributed by atoms with van der Waals surface area (Å²) in [5, 5.41) is 16.4. The number of ether oxygens (including phenoxy) is 1. The molecule has 0 amide bonds. The normalized spacial score (nSPS) is 12.9. The number of rotatable bonds is 9. The van der Waals surface area contributed by atoms with Crippen molar-refractivity contribution in [3.8, 4) is 17.0 Å². The number of aromatic nitrogens is 7. The van der Waals surface area contributed by atoms with E-state index in [1.54, 1.807) is 11.8 Å². The highest BCUT2D eigenvalue weighted by Gasteiger charge is 2.32. The average molecular weight is 658 g/mol. The number of hydrogen-bond acceptors (Lipinski definition) is 7. The average Bonchev–Trinajstić information content (AvgIpc) is 3.66. The van der Waals surface area contributed by atoms with Gasteiger partial charge in [0.2, 0.25) is 0 Å². The Morgan fingerprint density at radius 3 is 2.34 bits per heavy atom. The van der Waals surface area contributed by atoms with E-state index in [1.807, 2.05) is 62.6 Å². The zero-order valence-corrected chi connectivity index (χ0v) is 27.4. The van der Waals surface area contributed by atoms with Gasteiger partial charge in [-0.3, -0.25) is 9.97 Å². The molecule has 0 spiro atoms. The van der Waals surface area contributed by atoms with Crippen LogP contribution in [-0.4, -0.2) is 39.9 Å². The van der Waals surface area contributed by atoms with Crippen molar-refractivity contribution < 1.29 is 17.9 Å². The summed E-state index contributed by atoms with van der Waals surface area (Å²) in [7, 11) is 2.05. The number of aromatic amines is 1. The molecule has 0 radical (unpaired) electrons. The van der Waals surface area contributed by atoms with E-state index in [-0.39, 0.29) is 10.7 Å². The first-order valence-corrected chi connectivity index (χ1v) is 15.9. The fourth-order valence-electron chi connectivity index (χ4n) is 5.45. The van der Waals surface area contributed by atoms with Crippen LogP contribution in [0.3, 0.4) is 0 Å². The zero-order valence-electron chi connectivity index (χ0n) is 26.6. The lowest BCUT2D eigenvalue weighted by molar-refractivity contribution is -0.137. The molecule has 6 aromatic rings. The number of aryl methyl sites for hydroxylation is 2. The smallest absolute Gasteiger partial charge is 0.417 e. The van der Waals surface area contributed by atoms with Gasteiger partial charge in [-0.25, -0.2) is 0 Å². The van der Waals surface area contributed by atoms with Gasteiger partial charge in [0.05, 0.1) is 22.9 Å². The van der Waals surface area contributed by atoms with Gasteiger partial charge in [-0.15, -0.1) is 22.0 Å². The van der Waals surface area contributed by atoms with Gasteiger partial charge in [-0.2, -0.15) is 18.4 Å². The van der Waals surface area contributed by atoms with E-state index < -0.39 is 11.7 Å². The predicted molar refractivity (Wildman–Crippen MR) is 176 cm³/mol. The summed E-state index contributed by atoms with van der Waals surface area (Å²) in [4.78, 5) is 9.62. The van der Waals surface area contributed by atoms with E-state index in [1.165, 1.54) is 6.07 Å². The highest BCUT2D eigenvalue weighted by molar-refractivity contribution is 8.00. The van der Waals surface area contributed by atoms with Gasteiger partial charge in [0, 0.05) is 51.2 Å². The van der Waals surface area contributed by atoms with Crippen LogP contribution in [-0.2, 0) is 26.3 Å². The van der Waals surface area contributed by atoms with E-state index in [9.17, 15) is 13.2 Å². The van der Waals surface area contributed by atoms with Gasteiger partial charge in [0.1, 0.15) is 12.4 Å². The maximum atomic E-state index is 13.0. The van der Waals surface area contributed by atoms with Crippen LogP contribution >= 0.6 is 11.8 Å². The minimum atomic E-state index is -4.43. The van der Waals surface area contributed by atoms with Crippen LogP contribution in [0.4, 0.5) is 13.2 Å². The molecule has 12 heteroatoms. The molecule has 1 atom stereocenters. The number of nitrogens with one attached hydrogen (secondary N) is 1. The molecule has 0 fully saturated rings. The number of fused-ring (bicyclic) bond motifs is 1. The van der Waals surface area contributed by atoms with Crippen LogP contribution in [0.25, 0.3) is 22.2 Å². The summed E-state index contributed by atoms with van der Waals surface area (Å²) in [6, 6.07) is 20.2. The Bertz CT molecular complexity index is 1960. The van der Waals surface area contributed by atoms with Crippen molar-refractivity contribution in [2.75, 3.05) is 0 Å². The Labute approximate surface area is 274 Å². The minimum absolute atomic E-state index is 0.107. The highest BCUT2D eigenvalue weighted by atomic mass is 32.2. The molecule has 242 valence electrons. The van der Waals surface area contributed by atoms with Crippen LogP contribution in [0, 0.1) is 6.92 Å². The number of thioether (sulfide) groups is 1. The monoisotopic (exact) mass is 657 g/mol. The lowest BCUT2D eigenvalue weighted by Crippen LogP contribution is -2.14. The zero-order chi connectivity index (χ0) is 33.3. The first kappa shape index (κ1) is 32.2. The van der Waals surface area contributed by atoms with Gasteiger partial charge in [-0.05, 0) is 60.9 Å². The van der Waals surface area contributed by atoms with E-state index in [0.29, 0.717) is 24.5 Å². The largest absolute Gasteiger partial charge is 0.487 e. The van der Waals surface area contributed by atoms with Crippen molar-refractivity contribution in [3.05, 3.63) is 113 Å². The number of alkyl halides is 3. The summed E-state index contributed by atoms with van der Waals surface area (Å²) in [6.45, 7) is 8.91. The second-order valence-corrected chi connectivity index (χ2v) is 14.3. The lowest BCUT2D eigenvalue weighted by Gasteiger charge is -2.22. The number of H-pyrrole nitrogens is 1. The number of halogens is 3. The Kier molecular flexibility index (Phi) is 8.80. The third kappa shape index (κ3) is 7.32. The van der Waals surface area contributed by atoms with Crippen molar-refractivity contribution in [3.63, 3.8) is 0 Å². The summed E-state index contributed by atoms with van der Waals surface area (Å²) >= 11 is 1.78. The molecule has 0 bridgehead atoms. The predicted octanol–water partition coefficient (Wildman–Crippen LogP) is 8.32. The first-order chi connectivity index (χ1) is 22.4. The second-order valence-electron chi connectivity index (χ2n) is 12.4. The number of benzene rings is 2. The van der Waals surface area contributed by atoms with Crippen molar-refractivity contribution in [1.82, 2.24) is 35.2 Å². The minimum Gasteiger partial charge on any atom is -0.487 e. The summed E-state index contributed by atoms with van der Waals surface area (Å²) in [6.07, 6.45) is -1.18. The van der Waals surface area contributed by atoms with Crippen LogP contribution in [0.5, 0.6) is 5.75 Å². The van der Waals surface area contributed by atoms with E-state index in [0.717, 1.165) is 61.9 Å². The molecule has 0 saturated heterocycles. The van der Waals surface area contributed by atoms with E-state index in [2.05, 4.69) is 68.1 Å². The first-order valence-electron chi connectivity index (χ1n) is 15.1. The Hall–Kier alpha value is -4.71. The number of hydrogen-bond donors (Lipinski definition) is 1. The van der Waals surface area contributed by atoms with Gasteiger partial charge in [-0.1, -0.05) is 56.3 Å². The lowest BCUT2D eigenvalue weighted by atomic mass is 9.94. The van der Waals surface area contributed by atoms with Crippen LogP contribution in [0.15, 0.2) is 84.0 Å². The van der Waals surface area contributed by atoms with Gasteiger partial charge < -0.3 is 9.30 Å². The molecule has 0 aliphatic rings. The Morgan fingerprint density at radius 1 is 0.936 bits per heavy atom. The number of nitrogens with zero attached hydrogens (tertiary/aromatic N) is 6. The molecule has 4 heterocycles. The molecule has 0 saturated carbocycles. The van der Waals surface area contributed by atoms with E-state index >= 15 is 0 Å². The van der Waals surface area contributed by atoms with Crippen molar-refractivity contribution >= 4 is 22.7 Å². The van der Waals surface area contributed by atoms with E-state index in [4.69, 9.17) is 4.74 Å². The standard InChI is InChI=1S/C35H34F3N7OS/c1-21-6-12-25(39-18-21)20-46-26-13-15-30-27(17-26)32(47-34(2,3)4)31(45(30)5)28(33-41-43-44-42-33)16-22-7-9-23(10-8-22)29-14-11-24(19-40-29)35(36,37)38/h6-15,17-19,28H,16,20H2,1-5H3,(H,41,42,43,44). The highest BCUT2D eigenvalue weighted by Crippen LogP contribution is 2.46. The fraction of sp³-hybridized carbons (Fsp3) is 0.286. The summed E-state index contributed by atoms with van der Waals surface area (Å²) in [5.74, 6) is 1.05. The summed E-state index contributed by atoms with van der Waals surface area (Å²) < 4.78 is 47.4. The quantitative estimate of drug-likeness (QED) is 0.156. The van der Waals surface area contributed by atoms with Crippen molar-refractivity contribution in [2.24, 2.45) is 7.05 Å². The SMILES string of the molecule is Cc1ccc(COc2ccc3c(c2)c(SC(C)(C)C)c(C(Cc2ccc(-c4ccc(C(F)(F)F)cn4)cc2)c2nn[nH]n2)n3C)nc1. The molecule has 8 nitrogen and oxygen atoms in total. The van der Waals surface area contributed by atoms with Crippen LogP contribution < -0.4 is 4.74 Å². The molecular weight excluding hydrogens is 623 g/mol. The molecule has 0 aliphatic carbocycles. The number of tetrazole rings is 1. The topological polar surface area (TPSA) is 94.4 Å². The van der Waals surface area contributed by atoms with Crippen LogP contribution in [0.2, 0.25) is 0 Å². The third-order valence-corrected chi connectivity index (χ3v) is 8.96. The molecule has 2 aromatic carbocycles. The number of pyridine rings is 2. The van der Waals surface area contributed by atoms with Gasteiger partial charge >= 0.3 is 6.18 Å². The molecule has 1 N–H and O–H groups in total. The molecular formula is C35H34F3N7OS. The second kappa shape index (κ2) is 12.8. The summed E-state index contributed by atoms with van der Waals surface area (Å²) in [5.41, 5.74) is 5.46. The molecule has 4 aromatic heterocycles. The fourth-order valence-corrected chi connectivity index (χ4v) is 6.72. The Morgan fingerprint density at radius 2 is 1.72 bits per heavy atom. The molecule has 1 unspecified atom stereocenters. The van der Waals surface area contributed by atoms with Crippen molar-refractivity contribution in [2.45, 2.75) is 62.5 Å². The maximum absolute atomic E-state index is 13.0. The van der Waals surface area contributed by atoms with Crippen molar-refractivity contribution in [1.29, 1.82) is 0 Å².